The summed E-state index contributed by atoms with van der Waals surface area (Å²) in [5, 5.41) is 4.02. The van der Waals surface area contributed by atoms with Gasteiger partial charge in [-0.15, -0.1) is 0 Å². The lowest BCUT2D eigenvalue weighted by Gasteiger charge is -2.06. The van der Waals surface area contributed by atoms with Crippen molar-refractivity contribution in [1.82, 2.24) is 9.97 Å². The first-order valence-electron chi connectivity index (χ1n) is 5.50. The van der Waals surface area contributed by atoms with Crippen LogP contribution in [0, 0.1) is 0 Å². The molecule has 0 aliphatic rings. The van der Waals surface area contributed by atoms with Crippen molar-refractivity contribution < 1.29 is 4.79 Å². The van der Waals surface area contributed by atoms with Gasteiger partial charge in [0.2, 0.25) is 5.91 Å². The van der Waals surface area contributed by atoms with Gasteiger partial charge >= 0.3 is 0 Å². The van der Waals surface area contributed by atoms with Crippen LogP contribution in [-0.2, 0) is 4.79 Å². The largest absolute Gasteiger partial charge is 0.397 e. The van der Waals surface area contributed by atoms with E-state index in [0.29, 0.717) is 20.8 Å². The molecular weight excluding hydrogens is 319 g/mol. The lowest BCUT2D eigenvalue weighted by atomic mass is 10.4. The normalized spacial score (nSPS) is 10.3. The summed E-state index contributed by atoms with van der Waals surface area (Å²) >= 11 is 12.9. The molecule has 2 heterocycles. The van der Waals surface area contributed by atoms with Gasteiger partial charge in [-0.2, -0.15) is 0 Å². The van der Waals surface area contributed by atoms with Gasteiger partial charge in [-0.25, -0.2) is 9.97 Å². The Morgan fingerprint density at radius 3 is 2.75 bits per heavy atom. The van der Waals surface area contributed by atoms with Crippen molar-refractivity contribution in [2.45, 2.75) is 5.03 Å². The summed E-state index contributed by atoms with van der Waals surface area (Å²) < 4.78 is 0. The zero-order valence-electron chi connectivity index (χ0n) is 10.1. The van der Waals surface area contributed by atoms with Crippen LogP contribution >= 0.6 is 35.0 Å². The first-order chi connectivity index (χ1) is 9.54. The van der Waals surface area contributed by atoms with Crippen molar-refractivity contribution >= 4 is 52.4 Å². The van der Waals surface area contributed by atoms with E-state index in [4.69, 9.17) is 28.9 Å². The van der Waals surface area contributed by atoms with Gasteiger partial charge in [-0.05, 0) is 18.2 Å². The van der Waals surface area contributed by atoms with Crippen LogP contribution in [0.2, 0.25) is 10.0 Å². The number of nitrogen functional groups attached to an aromatic ring is 1. The lowest BCUT2D eigenvalue weighted by molar-refractivity contribution is -0.113. The molecule has 0 bridgehead atoms. The Balaban J connectivity index is 1.90. The molecule has 0 saturated heterocycles. The second kappa shape index (κ2) is 6.78. The highest BCUT2D eigenvalue weighted by Crippen LogP contribution is 2.23. The number of amides is 1. The minimum absolute atomic E-state index is 0.192. The molecule has 0 radical (unpaired) electrons. The summed E-state index contributed by atoms with van der Waals surface area (Å²) in [5.74, 6) is 0.245. The number of aromatic nitrogens is 2. The van der Waals surface area contributed by atoms with Crippen molar-refractivity contribution in [1.29, 1.82) is 0 Å². The average molecular weight is 329 g/mol. The third-order valence-corrected chi connectivity index (χ3v) is 3.61. The van der Waals surface area contributed by atoms with Gasteiger partial charge in [0.05, 0.1) is 32.7 Å². The Labute approximate surface area is 129 Å². The standard InChI is InChI=1S/C12H10Cl2N4OS/c13-7-3-9(14)12(17-4-7)18-10(19)6-20-11-2-1-8(15)5-16-11/h1-5H,6,15H2,(H,17,18,19). The van der Waals surface area contributed by atoms with E-state index in [-0.39, 0.29) is 17.5 Å². The summed E-state index contributed by atoms with van der Waals surface area (Å²) in [6, 6.07) is 4.99. The number of hydrogen-bond donors (Lipinski definition) is 2. The molecule has 0 saturated carbocycles. The highest BCUT2D eigenvalue weighted by Gasteiger charge is 2.08. The van der Waals surface area contributed by atoms with Crippen LogP contribution in [0.5, 0.6) is 0 Å². The first kappa shape index (κ1) is 14.9. The molecule has 0 fully saturated rings. The van der Waals surface area contributed by atoms with Crippen molar-refractivity contribution in [3.63, 3.8) is 0 Å². The molecule has 2 rings (SSSR count). The zero-order valence-corrected chi connectivity index (χ0v) is 12.5. The Morgan fingerprint density at radius 1 is 1.30 bits per heavy atom. The lowest BCUT2D eigenvalue weighted by Crippen LogP contribution is -2.15. The van der Waals surface area contributed by atoms with Gasteiger partial charge in [0, 0.05) is 6.20 Å². The summed E-state index contributed by atoms with van der Waals surface area (Å²) in [6.07, 6.45) is 2.95. The maximum Gasteiger partial charge on any atom is 0.235 e. The van der Waals surface area contributed by atoms with Gasteiger partial charge in [-0.1, -0.05) is 35.0 Å². The quantitative estimate of drug-likeness (QED) is 0.843. The molecule has 2 aromatic heterocycles. The molecule has 0 atom stereocenters. The van der Waals surface area contributed by atoms with Crippen LogP contribution in [-0.4, -0.2) is 21.6 Å². The molecule has 0 aliphatic carbocycles. The summed E-state index contributed by atoms with van der Waals surface area (Å²) in [6.45, 7) is 0. The van der Waals surface area contributed by atoms with Crippen molar-refractivity contribution in [3.8, 4) is 0 Å². The van der Waals surface area contributed by atoms with Crippen LogP contribution in [0.3, 0.4) is 0 Å². The molecule has 5 nitrogen and oxygen atoms in total. The number of carbonyl (C=O) groups excluding carboxylic acids is 1. The number of nitrogens with two attached hydrogens (primary N) is 1. The van der Waals surface area contributed by atoms with Gasteiger partial charge in [0.25, 0.3) is 0 Å². The fraction of sp³-hybridized carbons (Fsp3) is 0.0833. The van der Waals surface area contributed by atoms with Crippen LogP contribution in [0.25, 0.3) is 0 Å². The smallest absolute Gasteiger partial charge is 0.235 e. The molecular formula is C12H10Cl2N4OS. The van der Waals surface area contributed by atoms with E-state index >= 15 is 0 Å². The minimum atomic E-state index is -0.231. The SMILES string of the molecule is Nc1ccc(SCC(=O)Nc2ncc(Cl)cc2Cl)nc1. The number of nitrogens with one attached hydrogen (secondary N) is 1. The van der Waals surface area contributed by atoms with E-state index in [2.05, 4.69) is 15.3 Å². The van der Waals surface area contributed by atoms with E-state index < -0.39 is 0 Å². The number of pyridine rings is 2. The molecule has 0 aliphatic heterocycles. The molecule has 8 heteroatoms. The number of anilines is 2. The fourth-order valence-corrected chi connectivity index (χ4v) is 2.36. The first-order valence-corrected chi connectivity index (χ1v) is 7.24. The van der Waals surface area contributed by atoms with E-state index in [1.165, 1.54) is 30.2 Å². The number of nitrogens with zero attached hydrogens (tertiary/aromatic N) is 2. The summed E-state index contributed by atoms with van der Waals surface area (Å²) in [4.78, 5) is 19.8. The number of hydrogen-bond acceptors (Lipinski definition) is 5. The van der Waals surface area contributed by atoms with Gasteiger partial charge in [0.15, 0.2) is 5.82 Å². The number of carbonyl (C=O) groups is 1. The number of thioether (sulfide) groups is 1. The van der Waals surface area contributed by atoms with E-state index in [1.807, 2.05) is 0 Å². The van der Waals surface area contributed by atoms with E-state index in [9.17, 15) is 4.79 Å². The maximum absolute atomic E-state index is 11.8. The van der Waals surface area contributed by atoms with Crippen LogP contribution in [0.15, 0.2) is 35.6 Å². The number of halogens is 2. The van der Waals surface area contributed by atoms with Crippen molar-refractivity contribution in [3.05, 3.63) is 40.6 Å². The topological polar surface area (TPSA) is 80.9 Å². The predicted octanol–water partition coefficient (Wildman–Crippen LogP) is 3.10. The molecule has 1 amide bonds. The van der Waals surface area contributed by atoms with Crippen LogP contribution in [0.4, 0.5) is 11.5 Å². The minimum Gasteiger partial charge on any atom is -0.397 e. The Hall–Kier alpha value is -1.50. The third kappa shape index (κ3) is 4.26. The monoisotopic (exact) mass is 328 g/mol. The van der Waals surface area contributed by atoms with E-state index in [1.54, 1.807) is 12.1 Å². The second-order valence-electron chi connectivity index (χ2n) is 3.75. The van der Waals surface area contributed by atoms with Gasteiger partial charge in [-0.3, -0.25) is 4.79 Å². The Kier molecular flexibility index (Phi) is 5.05. The van der Waals surface area contributed by atoms with Crippen LogP contribution < -0.4 is 11.1 Å². The van der Waals surface area contributed by atoms with Crippen LogP contribution in [0.1, 0.15) is 0 Å². The molecule has 20 heavy (non-hydrogen) atoms. The molecule has 0 unspecified atom stereocenters. The summed E-state index contributed by atoms with van der Waals surface area (Å²) in [5.41, 5.74) is 6.11. The van der Waals surface area contributed by atoms with Crippen molar-refractivity contribution in [2.24, 2.45) is 0 Å². The molecule has 0 aromatic carbocycles. The predicted molar refractivity (Wildman–Crippen MR) is 82.3 cm³/mol. The number of rotatable bonds is 4. The second-order valence-corrected chi connectivity index (χ2v) is 5.59. The molecule has 2 aromatic rings. The fourth-order valence-electron chi connectivity index (χ4n) is 1.29. The zero-order chi connectivity index (χ0) is 14.5. The highest BCUT2D eigenvalue weighted by molar-refractivity contribution is 7.99. The van der Waals surface area contributed by atoms with Gasteiger partial charge in [0.1, 0.15) is 0 Å². The average Bonchev–Trinajstić information content (AvgIpc) is 2.41. The highest BCUT2D eigenvalue weighted by atomic mass is 35.5. The molecule has 0 spiro atoms. The molecule has 3 N–H and O–H groups in total. The Morgan fingerprint density at radius 2 is 2.10 bits per heavy atom. The third-order valence-electron chi connectivity index (χ3n) is 2.18. The Bertz CT molecular complexity index is 621. The summed E-state index contributed by atoms with van der Waals surface area (Å²) in [7, 11) is 0. The van der Waals surface area contributed by atoms with E-state index in [0.717, 1.165) is 0 Å². The van der Waals surface area contributed by atoms with Gasteiger partial charge < -0.3 is 11.1 Å². The maximum atomic E-state index is 11.8. The van der Waals surface area contributed by atoms with Crippen molar-refractivity contribution in [2.75, 3.05) is 16.8 Å². The molecule has 104 valence electrons.